The largest absolute Gasteiger partial charge is 0.433 e. The number of aliphatic imine (C=N–C) groups is 1. The molecule has 3 heterocycles. The van der Waals surface area contributed by atoms with E-state index < -0.39 is 11.9 Å². The number of nitrogens with zero attached hydrogens (tertiary/aromatic N) is 4. The van der Waals surface area contributed by atoms with Gasteiger partial charge >= 0.3 is 6.18 Å². The Morgan fingerprint density at radius 3 is 2.67 bits per heavy atom. The lowest BCUT2D eigenvalue weighted by Gasteiger charge is -2.33. The van der Waals surface area contributed by atoms with Crippen LogP contribution in [0, 0.1) is 0 Å². The third kappa shape index (κ3) is 7.15. The van der Waals surface area contributed by atoms with Crippen molar-refractivity contribution in [2.24, 2.45) is 4.99 Å². The Kier molecular flexibility index (Phi) is 9.39. The second kappa shape index (κ2) is 11.5. The number of nitrogens with one attached hydrogen (secondary N) is 3. The normalized spacial score (nSPS) is 15.5. The molecule has 0 radical (unpaired) electrons. The van der Waals surface area contributed by atoms with Crippen LogP contribution in [0.4, 0.5) is 24.1 Å². The van der Waals surface area contributed by atoms with Gasteiger partial charge in [-0.25, -0.2) is 9.97 Å². The first-order valence-corrected chi connectivity index (χ1v) is 10.2. The lowest BCUT2D eigenvalue weighted by atomic mass is 10.1. The first kappa shape index (κ1) is 24.4. The van der Waals surface area contributed by atoms with E-state index in [4.69, 9.17) is 0 Å². The average molecular weight is 555 g/mol. The zero-order chi connectivity index (χ0) is 20.7. The number of thiophene rings is 1. The summed E-state index contributed by atoms with van der Waals surface area (Å²) in [6.07, 6.45) is -1.37. The van der Waals surface area contributed by atoms with E-state index in [1.54, 1.807) is 18.4 Å². The molecule has 1 saturated heterocycles. The fraction of sp³-hybridized carbons (Fsp3) is 0.500. The summed E-state index contributed by atoms with van der Waals surface area (Å²) in [6.45, 7) is 2.80. The molecule has 3 rings (SSSR count). The monoisotopic (exact) mass is 555 g/mol. The summed E-state index contributed by atoms with van der Waals surface area (Å²) in [5.41, 5.74) is -0.964. The molecule has 1 aliphatic rings. The van der Waals surface area contributed by atoms with Crippen molar-refractivity contribution in [2.45, 2.75) is 25.1 Å². The molecule has 3 N–H and O–H groups in total. The zero-order valence-corrected chi connectivity index (χ0v) is 19.6. The lowest BCUT2D eigenvalue weighted by molar-refractivity contribution is -0.141. The van der Waals surface area contributed by atoms with E-state index >= 15 is 0 Å². The van der Waals surface area contributed by atoms with Crippen LogP contribution in [0.5, 0.6) is 0 Å². The molecule has 2 aromatic rings. The Bertz CT molecular complexity index is 793. The van der Waals surface area contributed by atoms with Crippen molar-refractivity contribution < 1.29 is 13.2 Å². The van der Waals surface area contributed by atoms with E-state index in [1.165, 1.54) is 5.00 Å². The standard InChI is InChI=1S/C18H24F3N7S.HI/c1-22-16(26-13-5-10-28(11-6-13)15-3-2-12-29-15)24-8-9-25-17-23-7-4-14(27-17)18(19,20)21;/h2-4,7,12-13H,5-6,8-11H2,1H3,(H2,22,24,26)(H,23,25,27);1H. The van der Waals surface area contributed by atoms with Crippen molar-refractivity contribution >= 4 is 52.2 Å². The highest BCUT2D eigenvalue weighted by molar-refractivity contribution is 14.0. The van der Waals surface area contributed by atoms with Crippen LogP contribution in [-0.4, -0.2) is 55.2 Å². The van der Waals surface area contributed by atoms with E-state index in [1.807, 2.05) is 0 Å². The fourth-order valence-electron chi connectivity index (χ4n) is 3.04. The number of aromatic nitrogens is 2. The van der Waals surface area contributed by atoms with Gasteiger partial charge < -0.3 is 20.9 Å². The third-order valence-corrected chi connectivity index (χ3v) is 5.45. The van der Waals surface area contributed by atoms with Crippen LogP contribution in [0.25, 0.3) is 0 Å². The minimum absolute atomic E-state index is 0. The van der Waals surface area contributed by atoms with Crippen molar-refractivity contribution in [3.05, 3.63) is 35.5 Å². The molecular formula is C18H25F3IN7S. The van der Waals surface area contributed by atoms with Crippen LogP contribution < -0.4 is 20.9 Å². The summed E-state index contributed by atoms with van der Waals surface area (Å²) >= 11 is 1.75. The lowest BCUT2D eigenvalue weighted by Crippen LogP contribution is -2.49. The van der Waals surface area contributed by atoms with Gasteiger partial charge in [-0.15, -0.1) is 35.3 Å². The molecule has 0 unspecified atom stereocenters. The number of halogens is 4. The van der Waals surface area contributed by atoms with Crippen LogP contribution >= 0.6 is 35.3 Å². The summed E-state index contributed by atoms with van der Waals surface area (Å²) in [6, 6.07) is 5.38. The maximum atomic E-state index is 12.7. The summed E-state index contributed by atoms with van der Waals surface area (Å²) in [5.74, 6) is 0.622. The minimum Gasteiger partial charge on any atom is -0.363 e. The molecule has 0 spiro atoms. The van der Waals surface area contributed by atoms with Gasteiger partial charge in [0.2, 0.25) is 5.95 Å². The van der Waals surface area contributed by atoms with Gasteiger partial charge in [0.15, 0.2) is 5.96 Å². The molecule has 0 saturated carbocycles. The first-order valence-electron chi connectivity index (χ1n) is 9.35. The maximum Gasteiger partial charge on any atom is 0.433 e. The summed E-state index contributed by atoms with van der Waals surface area (Å²) in [5, 5.41) is 12.7. The average Bonchev–Trinajstić information content (AvgIpc) is 3.25. The van der Waals surface area contributed by atoms with Gasteiger partial charge in [0, 0.05) is 45.5 Å². The number of anilines is 2. The Balaban J connectivity index is 0.00000320. The van der Waals surface area contributed by atoms with Crippen LogP contribution in [0.15, 0.2) is 34.8 Å². The number of rotatable bonds is 6. The molecule has 1 fully saturated rings. The Morgan fingerprint density at radius 2 is 2.03 bits per heavy atom. The van der Waals surface area contributed by atoms with E-state index in [0.717, 1.165) is 38.2 Å². The smallest absolute Gasteiger partial charge is 0.363 e. The molecule has 0 aliphatic carbocycles. The predicted molar refractivity (Wildman–Crippen MR) is 125 cm³/mol. The maximum absolute atomic E-state index is 12.7. The number of hydrogen-bond acceptors (Lipinski definition) is 6. The van der Waals surface area contributed by atoms with Gasteiger partial charge in [0.05, 0.1) is 5.00 Å². The van der Waals surface area contributed by atoms with Crippen molar-refractivity contribution in [2.75, 3.05) is 43.4 Å². The highest BCUT2D eigenvalue weighted by Gasteiger charge is 2.32. The van der Waals surface area contributed by atoms with Crippen molar-refractivity contribution in [3.8, 4) is 0 Å². The number of piperidine rings is 1. The van der Waals surface area contributed by atoms with E-state index in [2.05, 4.69) is 53.3 Å². The highest BCUT2D eigenvalue weighted by Crippen LogP contribution is 2.27. The SMILES string of the molecule is CN=C(NCCNc1nccc(C(F)(F)F)n1)NC1CCN(c2cccs2)CC1.I. The molecule has 2 aromatic heterocycles. The molecule has 12 heteroatoms. The molecule has 0 amide bonds. The zero-order valence-electron chi connectivity index (χ0n) is 16.4. The molecule has 0 atom stereocenters. The van der Waals surface area contributed by atoms with E-state index in [-0.39, 0.29) is 29.9 Å². The predicted octanol–water partition coefficient (Wildman–Crippen LogP) is 3.42. The second-order valence-corrected chi connectivity index (χ2v) is 7.47. The van der Waals surface area contributed by atoms with E-state index in [0.29, 0.717) is 25.1 Å². The molecule has 0 bridgehead atoms. The minimum atomic E-state index is -4.48. The molecule has 166 valence electrons. The fourth-order valence-corrected chi connectivity index (χ4v) is 3.82. The van der Waals surface area contributed by atoms with Crippen LogP contribution in [-0.2, 0) is 6.18 Å². The molecule has 1 aliphatic heterocycles. The number of guanidine groups is 1. The number of hydrogen-bond donors (Lipinski definition) is 3. The summed E-state index contributed by atoms with van der Waals surface area (Å²) in [7, 11) is 1.69. The van der Waals surface area contributed by atoms with Gasteiger partial charge in [-0.2, -0.15) is 13.2 Å². The van der Waals surface area contributed by atoms with Gasteiger partial charge in [0.1, 0.15) is 5.69 Å². The highest BCUT2D eigenvalue weighted by atomic mass is 127. The van der Waals surface area contributed by atoms with Crippen molar-refractivity contribution in [3.63, 3.8) is 0 Å². The van der Waals surface area contributed by atoms with Gasteiger partial charge in [0.25, 0.3) is 0 Å². The molecule has 30 heavy (non-hydrogen) atoms. The van der Waals surface area contributed by atoms with Crippen LogP contribution in [0.2, 0.25) is 0 Å². The molecule has 7 nitrogen and oxygen atoms in total. The van der Waals surface area contributed by atoms with Crippen molar-refractivity contribution in [1.82, 2.24) is 20.6 Å². The van der Waals surface area contributed by atoms with Crippen LogP contribution in [0.1, 0.15) is 18.5 Å². The van der Waals surface area contributed by atoms with Gasteiger partial charge in [-0.1, -0.05) is 0 Å². The molecule has 0 aromatic carbocycles. The Labute approximate surface area is 194 Å². The Hall–Kier alpha value is -1.83. The summed E-state index contributed by atoms with van der Waals surface area (Å²) in [4.78, 5) is 13.9. The van der Waals surface area contributed by atoms with Crippen molar-refractivity contribution in [1.29, 1.82) is 0 Å². The Morgan fingerprint density at radius 1 is 1.27 bits per heavy atom. The van der Waals surface area contributed by atoms with Gasteiger partial charge in [-0.05, 0) is 36.4 Å². The third-order valence-electron chi connectivity index (χ3n) is 4.52. The first-order chi connectivity index (χ1) is 14.0. The van der Waals surface area contributed by atoms with Gasteiger partial charge in [-0.3, -0.25) is 4.99 Å². The summed E-state index contributed by atoms with van der Waals surface area (Å²) < 4.78 is 38.0. The topological polar surface area (TPSA) is 77.5 Å². The van der Waals surface area contributed by atoms with E-state index in [9.17, 15) is 13.2 Å². The molecular weight excluding hydrogens is 530 g/mol. The quantitative estimate of drug-likeness (QED) is 0.220. The number of alkyl halides is 3. The second-order valence-electron chi connectivity index (χ2n) is 6.55. The van der Waals surface area contributed by atoms with Crippen LogP contribution in [0.3, 0.4) is 0 Å².